The van der Waals surface area contributed by atoms with Gasteiger partial charge in [0.15, 0.2) is 10.6 Å². The monoisotopic (exact) mass is 694 g/mol. The highest BCUT2D eigenvalue weighted by molar-refractivity contribution is 9.10. The predicted octanol–water partition coefficient (Wildman–Crippen LogP) is 6.89. The van der Waals surface area contributed by atoms with Crippen LogP contribution in [0.25, 0.3) is 6.08 Å². The lowest BCUT2D eigenvalue weighted by molar-refractivity contribution is -0.139. The van der Waals surface area contributed by atoms with Crippen molar-refractivity contribution in [1.82, 2.24) is 4.57 Å². The number of aromatic nitrogens is 1. The number of benzene rings is 3. The molecule has 0 amide bonds. The van der Waals surface area contributed by atoms with Gasteiger partial charge in [-0.1, -0.05) is 71.0 Å². The summed E-state index contributed by atoms with van der Waals surface area (Å²) in [6, 6.07) is 18.3. The van der Waals surface area contributed by atoms with Crippen LogP contribution < -0.4 is 24.4 Å². The van der Waals surface area contributed by atoms with E-state index in [4.69, 9.17) is 25.8 Å². The summed E-state index contributed by atoms with van der Waals surface area (Å²) in [7, 11) is 0. The summed E-state index contributed by atoms with van der Waals surface area (Å²) >= 11 is 11.5. The SMILES string of the molecule is CCOC(=O)C1=C(C)N=c2s/c(=C/c3cc(Cl)c(OCc4cccc(C)c4)c(Br)c3)c(=O)n2[C@H]1c1ccccc1OC(C)C. The number of rotatable bonds is 9. The minimum Gasteiger partial charge on any atom is -0.491 e. The number of nitrogens with zero attached hydrogens (tertiary/aromatic N) is 2. The molecule has 2 heterocycles. The molecule has 0 fully saturated rings. The zero-order valence-electron chi connectivity index (χ0n) is 25.0. The Morgan fingerprint density at radius 1 is 1.14 bits per heavy atom. The van der Waals surface area contributed by atoms with Gasteiger partial charge in [-0.05, 0) is 86.0 Å². The molecule has 44 heavy (non-hydrogen) atoms. The van der Waals surface area contributed by atoms with Gasteiger partial charge < -0.3 is 14.2 Å². The number of halogens is 2. The first-order valence-electron chi connectivity index (χ1n) is 14.2. The normalized spacial score (nSPS) is 14.8. The van der Waals surface area contributed by atoms with Gasteiger partial charge in [0.25, 0.3) is 5.56 Å². The van der Waals surface area contributed by atoms with Crippen molar-refractivity contribution in [3.8, 4) is 11.5 Å². The molecule has 10 heteroatoms. The number of esters is 1. The fourth-order valence-corrected chi connectivity index (χ4v) is 7.10. The average Bonchev–Trinajstić information content (AvgIpc) is 3.26. The van der Waals surface area contributed by atoms with Crippen molar-refractivity contribution in [1.29, 1.82) is 0 Å². The molecule has 3 aromatic carbocycles. The maximum Gasteiger partial charge on any atom is 0.338 e. The Morgan fingerprint density at radius 2 is 1.91 bits per heavy atom. The van der Waals surface area contributed by atoms with Gasteiger partial charge in [-0.3, -0.25) is 9.36 Å². The third-order valence-electron chi connectivity index (χ3n) is 6.88. The maximum atomic E-state index is 14.1. The van der Waals surface area contributed by atoms with Gasteiger partial charge >= 0.3 is 5.97 Å². The first kappa shape index (κ1) is 31.8. The Morgan fingerprint density at radius 3 is 2.61 bits per heavy atom. The topological polar surface area (TPSA) is 79.1 Å². The van der Waals surface area contributed by atoms with Crippen molar-refractivity contribution in [3.63, 3.8) is 0 Å². The van der Waals surface area contributed by atoms with E-state index in [-0.39, 0.29) is 18.3 Å². The molecule has 0 unspecified atom stereocenters. The lowest BCUT2D eigenvalue weighted by Gasteiger charge is -2.26. The van der Waals surface area contributed by atoms with Gasteiger partial charge in [0.1, 0.15) is 18.4 Å². The number of ether oxygens (including phenoxy) is 3. The summed E-state index contributed by atoms with van der Waals surface area (Å²) in [5, 5.41) is 0.407. The van der Waals surface area contributed by atoms with Crippen LogP contribution in [0.5, 0.6) is 11.5 Å². The summed E-state index contributed by atoms with van der Waals surface area (Å²) in [6.45, 7) is 9.95. The third kappa shape index (κ3) is 6.70. The van der Waals surface area contributed by atoms with Crippen LogP contribution in [0, 0.1) is 6.92 Å². The summed E-state index contributed by atoms with van der Waals surface area (Å²) in [4.78, 5) is 32.5. The highest BCUT2D eigenvalue weighted by Gasteiger charge is 2.35. The van der Waals surface area contributed by atoms with Crippen molar-refractivity contribution in [2.45, 2.75) is 53.4 Å². The smallest absolute Gasteiger partial charge is 0.338 e. The fraction of sp³-hybridized carbons (Fsp3) is 0.265. The van der Waals surface area contributed by atoms with Gasteiger partial charge in [0, 0.05) is 5.56 Å². The molecule has 0 radical (unpaired) electrons. The van der Waals surface area contributed by atoms with Crippen LogP contribution >= 0.6 is 38.9 Å². The number of aryl methyl sites for hydroxylation is 1. The van der Waals surface area contributed by atoms with E-state index in [9.17, 15) is 9.59 Å². The number of para-hydroxylation sites is 1. The van der Waals surface area contributed by atoms with E-state index in [1.54, 1.807) is 30.6 Å². The largest absolute Gasteiger partial charge is 0.491 e. The van der Waals surface area contributed by atoms with Crippen LogP contribution in [0.4, 0.5) is 0 Å². The second-order valence-corrected chi connectivity index (χ2v) is 12.9. The number of thiazole rings is 1. The number of hydrogen-bond donors (Lipinski definition) is 0. The van der Waals surface area contributed by atoms with E-state index < -0.39 is 12.0 Å². The van der Waals surface area contributed by atoms with Gasteiger partial charge in [-0.25, -0.2) is 9.79 Å². The number of carbonyl (C=O) groups excluding carboxylic acids is 1. The van der Waals surface area contributed by atoms with E-state index in [0.29, 0.717) is 59.3 Å². The Hall–Kier alpha value is -3.66. The van der Waals surface area contributed by atoms with Crippen molar-refractivity contribution >= 4 is 50.9 Å². The Labute approximate surface area is 273 Å². The molecule has 0 bridgehead atoms. The standard InChI is InChI=1S/C34H32BrClN2O5S/c1-6-41-33(40)29-21(5)37-34-38(30(29)24-12-7-8-13-27(24)43-19(2)3)32(39)28(44-34)17-23-15-25(35)31(26(36)16-23)42-18-22-11-9-10-20(4)14-22/h7-17,19,30H,6,18H2,1-5H3/b28-17+/t30-/m0/s1. The molecular formula is C34H32BrClN2O5S. The quantitative estimate of drug-likeness (QED) is 0.178. The van der Waals surface area contributed by atoms with Crippen molar-refractivity contribution < 1.29 is 19.0 Å². The van der Waals surface area contributed by atoms with E-state index in [1.807, 2.05) is 69.3 Å². The second kappa shape index (κ2) is 13.5. The number of fused-ring (bicyclic) bond motifs is 1. The van der Waals surface area contributed by atoms with E-state index >= 15 is 0 Å². The average molecular weight is 696 g/mol. The van der Waals surface area contributed by atoms with Crippen LogP contribution in [-0.2, 0) is 16.1 Å². The summed E-state index contributed by atoms with van der Waals surface area (Å²) in [6.07, 6.45) is 1.65. The zero-order chi connectivity index (χ0) is 31.5. The van der Waals surface area contributed by atoms with Crippen LogP contribution in [0.3, 0.4) is 0 Å². The molecule has 228 valence electrons. The summed E-state index contributed by atoms with van der Waals surface area (Å²) < 4.78 is 20.2. The van der Waals surface area contributed by atoms with Crippen LogP contribution in [0.2, 0.25) is 5.02 Å². The molecule has 0 saturated heterocycles. The molecular weight excluding hydrogens is 664 g/mol. The van der Waals surface area contributed by atoms with Crippen molar-refractivity contribution in [2.75, 3.05) is 6.61 Å². The summed E-state index contributed by atoms with van der Waals surface area (Å²) in [5.74, 6) is 0.572. The predicted molar refractivity (Wildman–Crippen MR) is 177 cm³/mol. The lowest BCUT2D eigenvalue weighted by Crippen LogP contribution is -2.40. The fourth-order valence-electron chi connectivity index (χ4n) is 5.06. The molecule has 1 aromatic heterocycles. The number of hydrogen-bond acceptors (Lipinski definition) is 7. The highest BCUT2D eigenvalue weighted by Crippen LogP contribution is 2.37. The molecule has 0 saturated carbocycles. The van der Waals surface area contributed by atoms with Crippen LogP contribution in [0.15, 0.2) is 86.2 Å². The van der Waals surface area contributed by atoms with Crippen molar-refractivity contribution in [3.05, 3.63) is 123 Å². The molecule has 4 aromatic rings. The lowest BCUT2D eigenvalue weighted by atomic mass is 9.95. The molecule has 0 N–H and O–H groups in total. The van der Waals surface area contributed by atoms with Gasteiger partial charge in [-0.15, -0.1) is 0 Å². The highest BCUT2D eigenvalue weighted by atomic mass is 79.9. The molecule has 5 rings (SSSR count). The van der Waals surface area contributed by atoms with Crippen LogP contribution in [-0.4, -0.2) is 23.2 Å². The zero-order valence-corrected chi connectivity index (χ0v) is 28.2. The number of carbonyl (C=O) groups is 1. The Kier molecular flexibility index (Phi) is 9.78. The van der Waals surface area contributed by atoms with Gasteiger partial charge in [0.2, 0.25) is 0 Å². The molecule has 1 atom stereocenters. The minimum atomic E-state index is -0.782. The van der Waals surface area contributed by atoms with Crippen LogP contribution in [0.1, 0.15) is 56.0 Å². The maximum absolute atomic E-state index is 14.1. The molecule has 0 spiro atoms. The Balaban J connectivity index is 1.59. The first-order valence-corrected chi connectivity index (χ1v) is 16.2. The summed E-state index contributed by atoms with van der Waals surface area (Å²) in [5.41, 5.74) is 4.05. The van der Waals surface area contributed by atoms with Gasteiger partial charge in [0.05, 0.1) is 38.0 Å². The molecule has 1 aliphatic rings. The van der Waals surface area contributed by atoms with Crippen molar-refractivity contribution in [2.24, 2.45) is 4.99 Å². The first-order chi connectivity index (χ1) is 21.1. The van der Waals surface area contributed by atoms with E-state index in [2.05, 4.69) is 27.0 Å². The van der Waals surface area contributed by atoms with E-state index in [1.165, 1.54) is 11.3 Å². The number of allylic oxidation sites excluding steroid dienone is 1. The minimum absolute atomic E-state index is 0.116. The molecule has 7 nitrogen and oxygen atoms in total. The van der Waals surface area contributed by atoms with E-state index in [0.717, 1.165) is 11.1 Å². The van der Waals surface area contributed by atoms with Gasteiger partial charge in [-0.2, -0.15) is 0 Å². The third-order valence-corrected chi connectivity index (χ3v) is 8.73. The Bertz CT molecular complexity index is 1920. The second-order valence-electron chi connectivity index (χ2n) is 10.6. The molecule has 1 aliphatic heterocycles. The molecule has 0 aliphatic carbocycles.